The quantitative estimate of drug-likeness (QED) is 0.249. The molecule has 0 bridgehead atoms. The van der Waals surface area contributed by atoms with Crippen LogP contribution < -0.4 is 15.6 Å². The Morgan fingerprint density at radius 2 is 1.79 bits per heavy atom. The maximum absolute atomic E-state index is 14.4. The first-order chi connectivity index (χ1) is 19.8. The number of pyridine rings is 3. The maximum atomic E-state index is 14.4. The van der Waals surface area contributed by atoms with E-state index in [1.807, 2.05) is 6.92 Å². The highest BCUT2D eigenvalue weighted by Crippen LogP contribution is 2.38. The molecule has 0 aliphatic heterocycles. The van der Waals surface area contributed by atoms with Gasteiger partial charge in [-0.1, -0.05) is 0 Å². The molecule has 1 aliphatic carbocycles. The van der Waals surface area contributed by atoms with Crippen molar-refractivity contribution in [3.05, 3.63) is 64.6 Å². The Hall–Kier alpha value is -4.17. The molecule has 42 heavy (non-hydrogen) atoms. The predicted octanol–water partition coefficient (Wildman–Crippen LogP) is 6.37. The van der Waals surface area contributed by atoms with E-state index < -0.39 is 47.8 Å². The van der Waals surface area contributed by atoms with Crippen LogP contribution in [0.15, 0.2) is 47.7 Å². The third-order valence-electron chi connectivity index (χ3n) is 6.99. The Kier molecular flexibility index (Phi) is 7.86. The number of hydrogen-bond donors (Lipinski definition) is 1. The van der Waals surface area contributed by atoms with Crippen LogP contribution >= 0.6 is 0 Å². The zero-order valence-electron chi connectivity index (χ0n) is 22.1. The molecule has 1 aliphatic rings. The molecular weight excluding hydrogens is 573 g/mol. The fourth-order valence-corrected chi connectivity index (χ4v) is 5.08. The Balaban J connectivity index is 1.43. The van der Waals surface area contributed by atoms with Crippen LogP contribution in [-0.2, 0) is 12.7 Å². The topological polar surface area (TPSA) is 86.9 Å². The van der Waals surface area contributed by atoms with Crippen LogP contribution in [0.1, 0.15) is 44.2 Å². The summed E-state index contributed by atoms with van der Waals surface area (Å²) < 4.78 is 101. The van der Waals surface area contributed by atoms with Crippen molar-refractivity contribution in [1.82, 2.24) is 24.3 Å². The molecule has 0 aromatic carbocycles. The summed E-state index contributed by atoms with van der Waals surface area (Å²) in [5.74, 6) is -1.72. The highest BCUT2D eigenvalue weighted by molar-refractivity contribution is 5.93. The van der Waals surface area contributed by atoms with Crippen molar-refractivity contribution in [3.63, 3.8) is 0 Å². The molecule has 4 aromatic rings. The minimum Gasteiger partial charge on any atom is -0.472 e. The fourth-order valence-electron chi connectivity index (χ4n) is 5.08. The molecule has 4 heterocycles. The van der Waals surface area contributed by atoms with Gasteiger partial charge >= 0.3 is 12.4 Å². The van der Waals surface area contributed by atoms with Gasteiger partial charge in [0, 0.05) is 48.2 Å². The van der Waals surface area contributed by atoms with Gasteiger partial charge in [0.2, 0.25) is 0 Å². The second-order valence-corrected chi connectivity index (χ2v) is 9.93. The Bertz CT molecular complexity index is 1640. The molecule has 0 atom stereocenters. The highest BCUT2D eigenvalue weighted by atomic mass is 19.4. The molecule has 4 aromatic heterocycles. The number of ether oxygens (including phenoxy) is 1. The van der Waals surface area contributed by atoms with Crippen LogP contribution in [0.5, 0.6) is 5.88 Å². The van der Waals surface area contributed by atoms with Crippen LogP contribution in [0.2, 0.25) is 0 Å². The third kappa shape index (κ3) is 6.19. The number of alkyl halides is 6. The number of anilines is 1. The lowest BCUT2D eigenvalue weighted by atomic mass is 9.93. The second kappa shape index (κ2) is 11.2. The zero-order valence-corrected chi connectivity index (χ0v) is 22.1. The van der Waals surface area contributed by atoms with Gasteiger partial charge in [-0.2, -0.15) is 31.4 Å². The summed E-state index contributed by atoms with van der Waals surface area (Å²) in [6, 6.07) is 4.56. The minimum absolute atomic E-state index is 0.210. The van der Waals surface area contributed by atoms with Gasteiger partial charge in [-0.25, -0.2) is 14.4 Å². The van der Waals surface area contributed by atoms with E-state index in [2.05, 4.69) is 15.3 Å². The first-order valence-electron chi connectivity index (χ1n) is 13.1. The molecule has 0 unspecified atom stereocenters. The van der Waals surface area contributed by atoms with Gasteiger partial charge in [-0.05, 0) is 44.7 Å². The number of nitrogens with one attached hydrogen (secondary N) is 1. The van der Waals surface area contributed by atoms with Gasteiger partial charge in [0.25, 0.3) is 11.4 Å². The summed E-state index contributed by atoms with van der Waals surface area (Å²) in [5.41, 5.74) is -0.978. The summed E-state index contributed by atoms with van der Waals surface area (Å²) in [4.78, 5) is 20.1. The summed E-state index contributed by atoms with van der Waals surface area (Å²) in [5, 5.41) is 8.40. The average Bonchev–Trinajstić information content (AvgIpc) is 3.29. The molecule has 15 heteroatoms. The standard InChI is InChI=1S/C27H25F7N6O2/c1-2-35-21-11-20-18(12-37-21)24(15-3-8-22(41)39(13-15)14-26(29,30)31)38-40(20)16-4-6-17(7-5-16)42-25-23(28)19(9-10-36-25)27(32,33)34/h3,8-13,16-17H,2,4-7,14H2,1H3,(H,35,37)/t16-,17+. The van der Waals surface area contributed by atoms with Gasteiger partial charge in [0.1, 0.15) is 24.2 Å². The monoisotopic (exact) mass is 598 g/mol. The first kappa shape index (κ1) is 29.3. The van der Waals surface area contributed by atoms with Gasteiger partial charge in [-0.3, -0.25) is 9.48 Å². The number of halogens is 7. The smallest absolute Gasteiger partial charge is 0.419 e. The van der Waals surface area contributed by atoms with E-state index in [0.29, 0.717) is 70.8 Å². The number of rotatable bonds is 7. The Labute approximate surface area is 234 Å². The van der Waals surface area contributed by atoms with E-state index in [4.69, 9.17) is 9.84 Å². The normalized spacial score (nSPS) is 17.9. The molecule has 0 amide bonds. The predicted molar refractivity (Wildman–Crippen MR) is 139 cm³/mol. The van der Waals surface area contributed by atoms with E-state index in [1.165, 1.54) is 6.07 Å². The number of aromatic nitrogens is 5. The van der Waals surface area contributed by atoms with Crippen molar-refractivity contribution < 1.29 is 35.5 Å². The summed E-state index contributed by atoms with van der Waals surface area (Å²) >= 11 is 0. The third-order valence-corrected chi connectivity index (χ3v) is 6.99. The van der Waals surface area contributed by atoms with Gasteiger partial charge in [0.15, 0.2) is 5.82 Å². The van der Waals surface area contributed by atoms with Gasteiger partial charge < -0.3 is 14.6 Å². The lowest BCUT2D eigenvalue weighted by Gasteiger charge is -2.29. The van der Waals surface area contributed by atoms with Gasteiger partial charge in [-0.15, -0.1) is 0 Å². The summed E-state index contributed by atoms with van der Waals surface area (Å²) in [7, 11) is 0. The summed E-state index contributed by atoms with van der Waals surface area (Å²) in [6.45, 7) is 1.03. The number of hydrogen-bond acceptors (Lipinski definition) is 6. The SMILES string of the molecule is CCNc1cc2c(cn1)c(-c1ccc(=O)n(CC(F)(F)F)c1)nn2[C@H]1CC[C@@H](Oc2nccc(C(F)(F)F)c2F)CC1. The molecule has 1 saturated carbocycles. The maximum Gasteiger partial charge on any atom is 0.419 e. The fraction of sp³-hybridized carbons (Fsp3) is 0.407. The molecule has 0 spiro atoms. The second-order valence-electron chi connectivity index (χ2n) is 9.93. The first-order valence-corrected chi connectivity index (χ1v) is 13.1. The lowest BCUT2D eigenvalue weighted by molar-refractivity contribution is -0.141. The molecule has 0 saturated heterocycles. The zero-order chi connectivity index (χ0) is 30.2. The van der Waals surface area contributed by atoms with Crippen LogP contribution in [0.3, 0.4) is 0 Å². The average molecular weight is 599 g/mol. The Morgan fingerprint density at radius 3 is 2.45 bits per heavy atom. The Morgan fingerprint density at radius 1 is 1.05 bits per heavy atom. The van der Waals surface area contributed by atoms with E-state index in [0.717, 1.165) is 18.5 Å². The van der Waals surface area contributed by atoms with E-state index in [-0.39, 0.29) is 6.04 Å². The van der Waals surface area contributed by atoms with Crippen molar-refractivity contribution in [2.24, 2.45) is 0 Å². The molecule has 5 rings (SSSR count). The molecule has 1 N–H and O–H groups in total. The highest BCUT2D eigenvalue weighted by Gasteiger charge is 2.37. The number of nitrogens with zero attached hydrogens (tertiary/aromatic N) is 5. The molecule has 8 nitrogen and oxygen atoms in total. The van der Waals surface area contributed by atoms with Crippen LogP contribution in [0.25, 0.3) is 22.2 Å². The van der Waals surface area contributed by atoms with Crippen molar-refractivity contribution >= 4 is 16.7 Å². The summed E-state index contributed by atoms with van der Waals surface area (Å²) in [6.07, 6.45) is -4.90. The molecule has 224 valence electrons. The van der Waals surface area contributed by atoms with E-state index >= 15 is 0 Å². The van der Waals surface area contributed by atoms with Gasteiger partial charge in [0.05, 0.1) is 17.1 Å². The number of fused-ring (bicyclic) bond motifs is 1. The lowest BCUT2D eigenvalue weighted by Crippen LogP contribution is -2.27. The molecular formula is C27H25F7N6O2. The molecule has 0 radical (unpaired) electrons. The minimum atomic E-state index is -4.89. The van der Waals surface area contributed by atoms with Crippen LogP contribution in [0, 0.1) is 5.82 Å². The van der Waals surface area contributed by atoms with Crippen molar-refractivity contribution in [2.75, 3.05) is 11.9 Å². The molecule has 1 fully saturated rings. The van der Waals surface area contributed by atoms with Crippen molar-refractivity contribution in [2.45, 2.75) is 63.7 Å². The van der Waals surface area contributed by atoms with Crippen molar-refractivity contribution in [3.8, 4) is 17.1 Å². The largest absolute Gasteiger partial charge is 0.472 e. The van der Waals surface area contributed by atoms with Crippen LogP contribution in [-0.4, -0.2) is 43.1 Å². The van der Waals surface area contributed by atoms with Crippen molar-refractivity contribution in [1.29, 1.82) is 0 Å². The van der Waals surface area contributed by atoms with Crippen LogP contribution in [0.4, 0.5) is 36.6 Å². The van der Waals surface area contributed by atoms with E-state index in [1.54, 1.807) is 16.9 Å². The van der Waals surface area contributed by atoms with E-state index in [9.17, 15) is 35.5 Å².